The highest BCUT2D eigenvalue weighted by atomic mass is 32.2. The highest BCUT2D eigenvalue weighted by Gasteiger charge is 2.19. The second kappa shape index (κ2) is 11.1. The standard InChI is InChI=1S/C26H26FN5OS/c1-3-19-10-12-20(13-11-19)16-32(17-21-7-6-14-28-15-21)24(33)18-34-26-30-29-25(31(26)2)22-8-4-5-9-23(22)27/h4-15H,3,16-18H2,1-2H3. The summed E-state index contributed by atoms with van der Waals surface area (Å²) in [6.07, 6.45) is 4.47. The van der Waals surface area contributed by atoms with Crippen molar-refractivity contribution in [3.05, 3.63) is 95.6 Å². The van der Waals surface area contributed by atoms with E-state index in [1.807, 2.05) is 17.0 Å². The Morgan fingerprint density at radius 3 is 2.41 bits per heavy atom. The van der Waals surface area contributed by atoms with E-state index in [9.17, 15) is 9.18 Å². The molecule has 6 nitrogen and oxygen atoms in total. The summed E-state index contributed by atoms with van der Waals surface area (Å²) in [6, 6.07) is 18.6. The third-order valence-electron chi connectivity index (χ3n) is 5.53. The average molecular weight is 476 g/mol. The number of halogens is 1. The molecule has 0 atom stereocenters. The second-order valence-corrected chi connectivity index (χ2v) is 8.86. The number of benzene rings is 2. The molecule has 0 saturated carbocycles. The molecular weight excluding hydrogens is 449 g/mol. The van der Waals surface area contributed by atoms with E-state index < -0.39 is 0 Å². The first-order valence-corrected chi connectivity index (χ1v) is 12.0. The number of nitrogens with zero attached hydrogens (tertiary/aromatic N) is 5. The molecule has 2 aromatic heterocycles. The molecule has 0 N–H and O–H groups in total. The lowest BCUT2D eigenvalue weighted by Gasteiger charge is -2.23. The topological polar surface area (TPSA) is 63.9 Å². The van der Waals surface area contributed by atoms with E-state index in [-0.39, 0.29) is 17.5 Å². The number of thioether (sulfide) groups is 1. The Hall–Kier alpha value is -3.52. The fraction of sp³-hybridized carbons (Fsp3) is 0.231. The second-order valence-electron chi connectivity index (χ2n) is 7.91. The van der Waals surface area contributed by atoms with Gasteiger partial charge in [-0.05, 0) is 41.3 Å². The number of aromatic nitrogens is 4. The first-order valence-electron chi connectivity index (χ1n) is 11.1. The maximum atomic E-state index is 14.2. The van der Waals surface area contributed by atoms with Crippen molar-refractivity contribution in [1.29, 1.82) is 0 Å². The predicted molar refractivity (Wildman–Crippen MR) is 131 cm³/mol. The molecule has 0 bridgehead atoms. The van der Waals surface area contributed by atoms with Crippen LogP contribution in [0.3, 0.4) is 0 Å². The van der Waals surface area contributed by atoms with Crippen LogP contribution in [0.5, 0.6) is 0 Å². The lowest BCUT2D eigenvalue weighted by molar-refractivity contribution is -0.129. The molecule has 2 heterocycles. The fourth-order valence-corrected chi connectivity index (χ4v) is 4.39. The van der Waals surface area contributed by atoms with Crippen molar-refractivity contribution in [2.24, 2.45) is 7.05 Å². The molecule has 4 aromatic rings. The number of amides is 1. The summed E-state index contributed by atoms with van der Waals surface area (Å²) >= 11 is 1.29. The maximum absolute atomic E-state index is 14.2. The fourth-order valence-electron chi connectivity index (χ4n) is 3.58. The van der Waals surface area contributed by atoms with E-state index in [2.05, 4.69) is 46.4 Å². The minimum absolute atomic E-state index is 0.0242. The molecule has 2 aromatic carbocycles. The number of aryl methyl sites for hydroxylation is 1. The largest absolute Gasteiger partial charge is 0.333 e. The summed E-state index contributed by atoms with van der Waals surface area (Å²) in [6.45, 7) is 3.08. The minimum Gasteiger partial charge on any atom is -0.333 e. The molecule has 174 valence electrons. The first kappa shape index (κ1) is 23.6. The summed E-state index contributed by atoms with van der Waals surface area (Å²) in [5, 5.41) is 8.88. The van der Waals surface area contributed by atoms with Crippen molar-refractivity contribution in [3.63, 3.8) is 0 Å². The Bertz CT molecular complexity index is 1240. The summed E-state index contributed by atoms with van der Waals surface area (Å²) in [7, 11) is 1.78. The van der Waals surface area contributed by atoms with Gasteiger partial charge in [0.15, 0.2) is 11.0 Å². The van der Waals surface area contributed by atoms with Gasteiger partial charge in [-0.25, -0.2) is 4.39 Å². The SMILES string of the molecule is CCc1ccc(CN(Cc2cccnc2)C(=O)CSc2nnc(-c3ccccc3F)n2C)cc1. The molecule has 0 spiro atoms. The van der Waals surface area contributed by atoms with Crippen LogP contribution in [-0.4, -0.2) is 36.3 Å². The molecule has 0 unspecified atom stereocenters. The number of carbonyl (C=O) groups excluding carboxylic acids is 1. The van der Waals surface area contributed by atoms with Gasteiger partial charge in [0.05, 0.1) is 11.3 Å². The smallest absolute Gasteiger partial charge is 0.233 e. The zero-order chi connectivity index (χ0) is 23.9. The monoisotopic (exact) mass is 475 g/mol. The lowest BCUT2D eigenvalue weighted by Crippen LogP contribution is -2.31. The van der Waals surface area contributed by atoms with Crippen molar-refractivity contribution in [2.45, 2.75) is 31.6 Å². The molecular formula is C26H26FN5OS. The molecule has 34 heavy (non-hydrogen) atoms. The third kappa shape index (κ3) is 5.69. The van der Waals surface area contributed by atoms with Crippen LogP contribution in [0.25, 0.3) is 11.4 Å². The molecule has 0 saturated heterocycles. The predicted octanol–water partition coefficient (Wildman–Crippen LogP) is 4.90. The van der Waals surface area contributed by atoms with E-state index in [0.29, 0.717) is 29.6 Å². The van der Waals surface area contributed by atoms with Crippen LogP contribution < -0.4 is 0 Å². The first-order chi connectivity index (χ1) is 16.5. The molecule has 1 amide bonds. The zero-order valence-corrected chi connectivity index (χ0v) is 20.0. The van der Waals surface area contributed by atoms with Gasteiger partial charge in [0.25, 0.3) is 0 Å². The van der Waals surface area contributed by atoms with Crippen LogP contribution in [0, 0.1) is 5.82 Å². The number of carbonyl (C=O) groups is 1. The van der Waals surface area contributed by atoms with Crippen LogP contribution in [0.15, 0.2) is 78.2 Å². The zero-order valence-electron chi connectivity index (χ0n) is 19.2. The van der Waals surface area contributed by atoms with Gasteiger partial charge in [-0.1, -0.05) is 61.2 Å². The van der Waals surface area contributed by atoms with Gasteiger partial charge in [0.1, 0.15) is 5.82 Å². The van der Waals surface area contributed by atoms with Gasteiger partial charge in [-0.2, -0.15) is 0 Å². The van der Waals surface area contributed by atoms with Crippen LogP contribution >= 0.6 is 11.8 Å². The Morgan fingerprint density at radius 1 is 0.971 bits per heavy atom. The maximum Gasteiger partial charge on any atom is 0.233 e. The Labute approximate surface area is 202 Å². The van der Waals surface area contributed by atoms with Crippen LogP contribution in [0.2, 0.25) is 0 Å². The highest BCUT2D eigenvalue weighted by Crippen LogP contribution is 2.25. The van der Waals surface area contributed by atoms with Crippen LogP contribution in [-0.2, 0) is 31.4 Å². The van der Waals surface area contributed by atoms with E-state index in [0.717, 1.165) is 17.5 Å². The summed E-state index contributed by atoms with van der Waals surface area (Å²) in [5.41, 5.74) is 3.67. The van der Waals surface area contributed by atoms with Crippen molar-refractivity contribution < 1.29 is 9.18 Å². The lowest BCUT2D eigenvalue weighted by atomic mass is 10.1. The van der Waals surface area contributed by atoms with E-state index in [1.54, 1.807) is 42.2 Å². The van der Waals surface area contributed by atoms with Crippen LogP contribution in [0.1, 0.15) is 23.6 Å². The van der Waals surface area contributed by atoms with Crippen molar-refractivity contribution in [1.82, 2.24) is 24.6 Å². The minimum atomic E-state index is -0.359. The van der Waals surface area contributed by atoms with E-state index in [1.165, 1.54) is 23.4 Å². The summed E-state index contributed by atoms with van der Waals surface area (Å²) in [4.78, 5) is 19.3. The summed E-state index contributed by atoms with van der Waals surface area (Å²) in [5.74, 6) is 0.235. The highest BCUT2D eigenvalue weighted by molar-refractivity contribution is 7.99. The molecule has 0 aliphatic heterocycles. The quantitative estimate of drug-likeness (QED) is 0.322. The van der Waals surface area contributed by atoms with Gasteiger partial charge in [0, 0.05) is 32.5 Å². The summed E-state index contributed by atoms with van der Waals surface area (Å²) < 4.78 is 15.9. The van der Waals surface area contributed by atoms with Gasteiger partial charge in [-0.15, -0.1) is 10.2 Å². The Kier molecular flexibility index (Phi) is 7.69. The number of hydrogen-bond donors (Lipinski definition) is 0. The molecule has 4 rings (SSSR count). The Balaban J connectivity index is 1.48. The normalized spacial score (nSPS) is 10.9. The van der Waals surface area contributed by atoms with E-state index in [4.69, 9.17) is 0 Å². The van der Waals surface area contributed by atoms with Gasteiger partial charge in [-0.3, -0.25) is 9.78 Å². The molecule has 8 heteroatoms. The number of rotatable bonds is 9. The van der Waals surface area contributed by atoms with Gasteiger partial charge >= 0.3 is 0 Å². The molecule has 0 aliphatic carbocycles. The Morgan fingerprint density at radius 2 is 1.71 bits per heavy atom. The van der Waals surface area contributed by atoms with Crippen molar-refractivity contribution in [3.8, 4) is 11.4 Å². The number of hydrogen-bond acceptors (Lipinski definition) is 5. The van der Waals surface area contributed by atoms with E-state index >= 15 is 0 Å². The molecule has 0 aliphatic rings. The molecule has 0 fully saturated rings. The average Bonchev–Trinajstić information content (AvgIpc) is 3.23. The van der Waals surface area contributed by atoms with Gasteiger partial charge in [0.2, 0.25) is 5.91 Å². The van der Waals surface area contributed by atoms with Crippen molar-refractivity contribution >= 4 is 17.7 Å². The van der Waals surface area contributed by atoms with Crippen LogP contribution in [0.4, 0.5) is 4.39 Å². The van der Waals surface area contributed by atoms with Gasteiger partial charge < -0.3 is 9.47 Å². The third-order valence-corrected chi connectivity index (χ3v) is 6.53. The van der Waals surface area contributed by atoms with Crippen molar-refractivity contribution in [2.75, 3.05) is 5.75 Å². The molecule has 0 radical (unpaired) electrons. The number of pyridine rings is 1.